The molecule has 1 aromatic carbocycles. The first-order chi connectivity index (χ1) is 9.70. The van der Waals surface area contributed by atoms with E-state index in [4.69, 9.17) is 10.5 Å². The van der Waals surface area contributed by atoms with E-state index in [-0.39, 0.29) is 6.10 Å². The molecule has 2 rings (SSSR count). The van der Waals surface area contributed by atoms with Crippen LogP contribution in [0.25, 0.3) is 0 Å². The summed E-state index contributed by atoms with van der Waals surface area (Å²) in [4.78, 5) is 3.95. The monoisotopic (exact) mass is 272 g/mol. The van der Waals surface area contributed by atoms with Crippen LogP contribution in [0.3, 0.4) is 0 Å². The van der Waals surface area contributed by atoms with Crippen LogP contribution in [0.5, 0.6) is 0 Å². The van der Waals surface area contributed by atoms with Gasteiger partial charge in [-0.05, 0) is 30.2 Å². The van der Waals surface area contributed by atoms with Crippen molar-refractivity contribution in [1.29, 1.82) is 0 Å². The third kappa shape index (κ3) is 3.79. The molecule has 2 aromatic rings. The molecule has 1 heterocycles. The number of hydrogen-bond acceptors (Lipinski definition) is 4. The third-order valence-electron chi connectivity index (χ3n) is 3.11. The zero-order valence-electron chi connectivity index (χ0n) is 11.6. The van der Waals surface area contributed by atoms with Crippen LogP contribution >= 0.6 is 0 Å². The van der Waals surface area contributed by atoms with E-state index in [2.05, 4.69) is 4.98 Å². The second-order valence-corrected chi connectivity index (χ2v) is 4.65. The number of hydrogen-bond donors (Lipinski definition) is 2. The summed E-state index contributed by atoms with van der Waals surface area (Å²) in [6.45, 7) is 2.47. The number of aliphatic hydroxyl groups is 1. The van der Waals surface area contributed by atoms with Crippen molar-refractivity contribution in [2.45, 2.75) is 25.6 Å². The Bertz CT molecular complexity index is 531. The Morgan fingerprint density at radius 2 is 2.00 bits per heavy atom. The summed E-state index contributed by atoms with van der Waals surface area (Å²) >= 11 is 0. The number of ether oxygens (including phenoxy) is 1. The molecule has 2 atom stereocenters. The van der Waals surface area contributed by atoms with Crippen molar-refractivity contribution >= 4 is 5.82 Å². The number of nitrogens with zero attached hydrogens (tertiary/aromatic N) is 1. The Morgan fingerprint density at radius 1 is 1.25 bits per heavy atom. The van der Waals surface area contributed by atoms with E-state index in [9.17, 15) is 5.11 Å². The van der Waals surface area contributed by atoms with Crippen molar-refractivity contribution in [3.8, 4) is 0 Å². The van der Waals surface area contributed by atoms with Crippen LogP contribution in [-0.4, -0.2) is 22.8 Å². The number of aliphatic hydroxyl groups excluding tert-OH is 1. The van der Waals surface area contributed by atoms with Gasteiger partial charge in [0.15, 0.2) is 0 Å². The Labute approximate surface area is 119 Å². The van der Waals surface area contributed by atoms with Crippen molar-refractivity contribution in [2.24, 2.45) is 0 Å². The Morgan fingerprint density at radius 3 is 2.65 bits per heavy atom. The molecule has 2 unspecified atom stereocenters. The second kappa shape index (κ2) is 7.03. The van der Waals surface area contributed by atoms with Crippen LogP contribution < -0.4 is 5.73 Å². The smallest absolute Gasteiger partial charge is 0.123 e. The zero-order chi connectivity index (χ0) is 14.4. The van der Waals surface area contributed by atoms with E-state index in [0.29, 0.717) is 18.8 Å². The highest BCUT2D eigenvalue weighted by Gasteiger charge is 2.21. The highest BCUT2D eigenvalue weighted by atomic mass is 16.5. The Kier molecular flexibility index (Phi) is 5.09. The highest BCUT2D eigenvalue weighted by Crippen LogP contribution is 2.24. The molecule has 0 saturated carbocycles. The molecule has 3 N–H and O–H groups in total. The van der Waals surface area contributed by atoms with Gasteiger partial charge in [0.05, 0.1) is 6.10 Å². The summed E-state index contributed by atoms with van der Waals surface area (Å²) in [5.41, 5.74) is 7.58. The van der Waals surface area contributed by atoms with Gasteiger partial charge in [-0.15, -0.1) is 0 Å². The van der Waals surface area contributed by atoms with Gasteiger partial charge in [0.25, 0.3) is 0 Å². The van der Waals surface area contributed by atoms with Crippen LogP contribution in [0.4, 0.5) is 5.82 Å². The minimum Gasteiger partial charge on any atom is -0.390 e. The molecule has 0 aliphatic rings. The number of pyridine rings is 1. The molecule has 20 heavy (non-hydrogen) atoms. The van der Waals surface area contributed by atoms with Crippen LogP contribution in [0.2, 0.25) is 0 Å². The summed E-state index contributed by atoms with van der Waals surface area (Å²) in [5.74, 6) is 0.461. The lowest BCUT2D eigenvalue weighted by molar-refractivity contribution is -0.0339. The standard InChI is InChI=1S/C16H20N2O2/c1-2-20-16(13-6-4-3-5-7-13)14(19)10-12-8-9-18-15(17)11-12/h3-9,11,14,16,19H,2,10H2,1H3,(H2,17,18). The zero-order valence-corrected chi connectivity index (χ0v) is 11.6. The molecule has 0 spiro atoms. The average molecular weight is 272 g/mol. The highest BCUT2D eigenvalue weighted by molar-refractivity contribution is 5.32. The van der Waals surface area contributed by atoms with Gasteiger partial charge >= 0.3 is 0 Å². The summed E-state index contributed by atoms with van der Waals surface area (Å²) in [6.07, 6.45) is 1.16. The van der Waals surface area contributed by atoms with Crippen LogP contribution in [-0.2, 0) is 11.2 Å². The fourth-order valence-electron chi connectivity index (χ4n) is 2.22. The minimum atomic E-state index is -0.626. The lowest BCUT2D eigenvalue weighted by Crippen LogP contribution is -2.23. The van der Waals surface area contributed by atoms with Crippen LogP contribution in [0.1, 0.15) is 24.2 Å². The molecule has 0 aliphatic heterocycles. The van der Waals surface area contributed by atoms with E-state index in [1.165, 1.54) is 0 Å². The summed E-state index contributed by atoms with van der Waals surface area (Å²) in [5, 5.41) is 10.5. The predicted molar refractivity (Wildman–Crippen MR) is 79.2 cm³/mol. The van der Waals surface area contributed by atoms with Gasteiger partial charge in [0.1, 0.15) is 11.9 Å². The second-order valence-electron chi connectivity index (χ2n) is 4.65. The minimum absolute atomic E-state index is 0.337. The maximum absolute atomic E-state index is 10.5. The number of rotatable bonds is 6. The largest absolute Gasteiger partial charge is 0.390 e. The number of anilines is 1. The lowest BCUT2D eigenvalue weighted by atomic mass is 9.99. The fraction of sp³-hybridized carbons (Fsp3) is 0.312. The van der Waals surface area contributed by atoms with Gasteiger partial charge in [-0.25, -0.2) is 4.98 Å². The van der Waals surface area contributed by atoms with Crippen molar-refractivity contribution in [3.63, 3.8) is 0 Å². The SMILES string of the molecule is CCOC(c1ccccc1)C(O)Cc1ccnc(N)c1. The van der Waals surface area contributed by atoms with E-state index in [1.807, 2.05) is 43.3 Å². The van der Waals surface area contributed by atoms with Crippen molar-refractivity contribution in [1.82, 2.24) is 4.98 Å². The molecule has 0 bridgehead atoms. The lowest BCUT2D eigenvalue weighted by Gasteiger charge is -2.23. The molecule has 4 nitrogen and oxygen atoms in total. The predicted octanol–water partition coefficient (Wildman–Crippen LogP) is 2.34. The van der Waals surface area contributed by atoms with Gasteiger partial charge < -0.3 is 15.6 Å². The van der Waals surface area contributed by atoms with Crippen LogP contribution in [0.15, 0.2) is 48.7 Å². The van der Waals surface area contributed by atoms with Crippen LogP contribution in [0, 0.1) is 0 Å². The van der Waals surface area contributed by atoms with Crippen molar-refractivity contribution < 1.29 is 9.84 Å². The Hall–Kier alpha value is -1.91. The summed E-state index contributed by atoms with van der Waals surface area (Å²) in [7, 11) is 0. The molecule has 0 saturated heterocycles. The molecule has 0 radical (unpaired) electrons. The average Bonchev–Trinajstić information content (AvgIpc) is 2.45. The number of aromatic nitrogens is 1. The third-order valence-corrected chi connectivity index (χ3v) is 3.11. The maximum atomic E-state index is 10.5. The van der Waals surface area contributed by atoms with Gasteiger partial charge in [0, 0.05) is 19.2 Å². The van der Waals surface area contributed by atoms with Gasteiger partial charge in [-0.3, -0.25) is 0 Å². The molecular weight excluding hydrogens is 252 g/mol. The quantitative estimate of drug-likeness (QED) is 0.847. The number of benzene rings is 1. The van der Waals surface area contributed by atoms with Crippen molar-refractivity contribution in [2.75, 3.05) is 12.3 Å². The topological polar surface area (TPSA) is 68.4 Å². The van der Waals surface area contributed by atoms with Crippen molar-refractivity contribution in [3.05, 3.63) is 59.8 Å². The normalized spacial score (nSPS) is 13.9. The number of nitrogen functional groups attached to an aromatic ring is 1. The Balaban J connectivity index is 2.13. The molecule has 0 amide bonds. The summed E-state index contributed by atoms with van der Waals surface area (Å²) in [6, 6.07) is 13.4. The maximum Gasteiger partial charge on any atom is 0.123 e. The molecule has 106 valence electrons. The van der Waals surface area contributed by atoms with E-state index < -0.39 is 6.10 Å². The molecule has 4 heteroatoms. The fourth-order valence-corrected chi connectivity index (χ4v) is 2.22. The van der Waals surface area contributed by atoms with Gasteiger partial charge in [-0.1, -0.05) is 30.3 Å². The molecular formula is C16H20N2O2. The van der Waals surface area contributed by atoms with Gasteiger partial charge in [-0.2, -0.15) is 0 Å². The van der Waals surface area contributed by atoms with E-state index in [1.54, 1.807) is 12.3 Å². The first-order valence-corrected chi connectivity index (χ1v) is 6.75. The van der Waals surface area contributed by atoms with Gasteiger partial charge in [0.2, 0.25) is 0 Å². The molecule has 1 aromatic heterocycles. The summed E-state index contributed by atoms with van der Waals surface area (Å²) < 4.78 is 5.70. The number of nitrogens with two attached hydrogens (primary N) is 1. The first-order valence-electron chi connectivity index (χ1n) is 6.75. The molecule has 0 aliphatic carbocycles. The molecule has 0 fully saturated rings. The van der Waals surface area contributed by atoms with E-state index in [0.717, 1.165) is 11.1 Å². The first kappa shape index (κ1) is 14.5. The van der Waals surface area contributed by atoms with E-state index >= 15 is 0 Å².